The van der Waals surface area contributed by atoms with Gasteiger partial charge in [0.1, 0.15) is 0 Å². The van der Waals surface area contributed by atoms with Gasteiger partial charge in [0.2, 0.25) is 5.91 Å². The maximum absolute atomic E-state index is 14.1. The highest BCUT2D eigenvalue weighted by Gasteiger charge is 2.41. The van der Waals surface area contributed by atoms with Crippen LogP contribution in [-0.2, 0) is 4.79 Å². The monoisotopic (exact) mass is 478 g/mol. The third-order valence-corrected chi connectivity index (χ3v) is 7.93. The van der Waals surface area contributed by atoms with E-state index in [0.717, 1.165) is 38.5 Å². The Labute approximate surface area is 207 Å². The van der Waals surface area contributed by atoms with Crippen LogP contribution in [0.3, 0.4) is 0 Å². The molecule has 5 rings (SSSR count). The van der Waals surface area contributed by atoms with Gasteiger partial charge >= 0.3 is 0 Å². The van der Waals surface area contributed by atoms with Crippen molar-refractivity contribution in [2.24, 2.45) is 5.92 Å². The first-order valence-corrected chi connectivity index (χ1v) is 13.2. The summed E-state index contributed by atoms with van der Waals surface area (Å²) in [4.78, 5) is 16.9. The molecule has 0 aromatic heterocycles. The van der Waals surface area contributed by atoms with Crippen LogP contribution in [-0.4, -0.2) is 47.8 Å². The first kappa shape index (κ1) is 24.1. The summed E-state index contributed by atoms with van der Waals surface area (Å²) in [5.41, 5.74) is 11.4. The van der Waals surface area contributed by atoms with E-state index in [9.17, 15) is 13.6 Å². The summed E-state index contributed by atoms with van der Waals surface area (Å²) in [6.07, 6.45) is 20.3. The fourth-order valence-electron chi connectivity index (χ4n) is 5.79. The van der Waals surface area contributed by atoms with Crippen molar-refractivity contribution in [3.63, 3.8) is 0 Å². The molecule has 35 heavy (non-hydrogen) atoms. The van der Waals surface area contributed by atoms with E-state index in [4.69, 9.17) is 0 Å². The number of halogens is 2. The number of rotatable bonds is 2. The molecule has 0 aromatic rings. The third-order valence-electron chi connectivity index (χ3n) is 7.93. The van der Waals surface area contributed by atoms with Gasteiger partial charge in [-0.3, -0.25) is 4.79 Å². The Kier molecular flexibility index (Phi) is 6.98. The third kappa shape index (κ3) is 5.46. The lowest BCUT2D eigenvalue weighted by Gasteiger charge is -2.44. The van der Waals surface area contributed by atoms with Crippen molar-refractivity contribution < 1.29 is 13.6 Å². The van der Waals surface area contributed by atoms with Gasteiger partial charge < -0.3 is 9.80 Å². The highest BCUT2D eigenvalue weighted by Crippen LogP contribution is 2.37. The minimum absolute atomic E-state index is 0.0988. The first-order valence-electron chi connectivity index (χ1n) is 13.2. The van der Waals surface area contributed by atoms with E-state index in [1.165, 1.54) is 38.5 Å². The largest absolute Gasteiger partial charge is 0.370 e. The Morgan fingerprint density at radius 2 is 1.97 bits per heavy atom. The van der Waals surface area contributed by atoms with E-state index in [1.54, 1.807) is 0 Å². The minimum atomic E-state index is -2.77. The molecule has 0 atom stereocenters. The molecule has 2 heterocycles. The Morgan fingerprint density at radius 3 is 2.83 bits per heavy atom. The summed E-state index contributed by atoms with van der Waals surface area (Å²) in [6.45, 7) is 3.44. The zero-order valence-corrected chi connectivity index (χ0v) is 20.8. The molecule has 0 spiro atoms. The average Bonchev–Trinajstić information content (AvgIpc) is 3.10. The van der Waals surface area contributed by atoms with Crippen LogP contribution in [0.2, 0.25) is 0 Å². The van der Waals surface area contributed by atoms with Gasteiger partial charge in [-0.1, -0.05) is 29.9 Å². The van der Waals surface area contributed by atoms with Crippen LogP contribution in [0.1, 0.15) is 64.7 Å². The van der Waals surface area contributed by atoms with E-state index in [2.05, 4.69) is 54.0 Å². The molecule has 0 radical (unpaired) electrons. The second kappa shape index (κ2) is 10.1. The zero-order valence-electron chi connectivity index (χ0n) is 20.8. The molecule has 5 heteroatoms. The normalized spacial score (nSPS) is 25.2. The molecule has 0 bridgehead atoms. The Hall–Kier alpha value is -2.65. The Balaban J connectivity index is 1.42. The smallest absolute Gasteiger partial charge is 0.265 e. The molecule has 0 aromatic carbocycles. The minimum Gasteiger partial charge on any atom is -0.370 e. The second-order valence-corrected chi connectivity index (χ2v) is 10.7. The number of fused-ring (bicyclic) bond motifs is 2. The number of amides is 1. The van der Waals surface area contributed by atoms with Gasteiger partial charge in [0.25, 0.3) is 5.92 Å². The van der Waals surface area contributed by atoms with E-state index in [0.29, 0.717) is 32.5 Å². The van der Waals surface area contributed by atoms with E-state index in [1.807, 2.05) is 0 Å². The van der Waals surface area contributed by atoms with Crippen LogP contribution in [0.25, 0.3) is 0 Å². The SMILES string of the molecule is CC1=CCCC2=C=CC3=CC=CCCC3=CC(N3CC(C(=O)N4CCCCC(F)(F)C4)C3)=C2CC1. The lowest BCUT2D eigenvalue weighted by molar-refractivity contribution is -0.144. The molecule has 3 nitrogen and oxygen atoms in total. The summed E-state index contributed by atoms with van der Waals surface area (Å²) in [7, 11) is 0. The predicted molar refractivity (Wildman–Crippen MR) is 136 cm³/mol. The molecule has 2 aliphatic heterocycles. The van der Waals surface area contributed by atoms with Crippen LogP contribution in [0, 0.1) is 5.92 Å². The lowest BCUT2D eigenvalue weighted by Crippen LogP contribution is -2.55. The van der Waals surface area contributed by atoms with Gasteiger partial charge in [-0.2, -0.15) is 0 Å². The number of nitrogens with zero attached hydrogens (tertiary/aromatic N) is 2. The molecule has 0 saturated carbocycles. The fourth-order valence-corrected chi connectivity index (χ4v) is 5.79. The van der Waals surface area contributed by atoms with Crippen molar-refractivity contribution in [2.45, 2.75) is 70.6 Å². The zero-order chi connectivity index (χ0) is 24.4. The van der Waals surface area contributed by atoms with E-state index in [-0.39, 0.29) is 18.2 Å². The van der Waals surface area contributed by atoms with Crippen molar-refractivity contribution in [3.8, 4) is 0 Å². The summed E-state index contributed by atoms with van der Waals surface area (Å²) in [5.74, 6) is -3.07. The van der Waals surface area contributed by atoms with Crippen LogP contribution in [0.15, 0.2) is 75.7 Å². The van der Waals surface area contributed by atoms with E-state index < -0.39 is 12.5 Å². The maximum Gasteiger partial charge on any atom is 0.265 e. The standard InChI is InChI=1S/C30H36F2N2O/c1-22-8-7-11-24-14-13-23-9-3-2-4-10-25(23)18-28(27(24)15-12-22)34-19-26(20-34)29(35)33-17-6-5-16-30(31,32)21-33/h2-3,8-9,13,18,26H,4-7,10-12,15-17,19-21H2,1H3. The molecular formula is C30H36F2N2O. The summed E-state index contributed by atoms with van der Waals surface area (Å²) in [6, 6.07) is 0. The number of alkyl halides is 2. The highest BCUT2D eigenvalue weighted by atomic mass is 19.3. The molecule has 0 unspecified atom stereocenters. The van der Waals surface area contributed by atoms with Crippen LogP contribution < -0.4 is 0 Å². The molecule has 3 aliphatic carbocycles. The fraction of sp³-hybridized carbons (Fsp3) is 0.533. The summed E-state index contributed by atoms with van der Waals surface area (Å²) < 4.78 is 28.3. The number of allylic oxidation sites excluding steroid dienone is 10. The van der Waals surface area contributed by atoms with Crippen LogP contribution in [0.4, 0.5) is 8.78 Å². The number of hydrogen-bond donors (Lipinski definition) is 0. The average molecular weight is 479 g/mol. The topological polar surface area (TPSA) is 23.6 Å². The number of hydrogen-bond acceptors (Lipinski definition) is 2. The van der Waals surface area contributed by atoms with Crippen LogP contribution in [0.5, 0.6) is 0 Å². The van der Waals surface area contributed by atoms with Gasteiger partial charge in [0, 0.05) is 31.8 Å². The van der Waals surface area contributed by atoms with Gasteiger partial charge in [0.05, 0.1) is 12.5 Å². The molecule has 1 amide bonds. The highest BCUT2D eigenvalue weighted by molar-refractivity contribution is 5.80. The van der Waals surface area contributed by atoms with Crippen molar-refractivity contribution >= 4 is 5.91 Å². The Bertz CT molecular complexity index is 1090. The summed E-state index contributed by atoms with van der Waals surface area (Å²) in [5, 5.41) is 0. The van der Waals surface area contributed by atoms with Gasteiger partial charge in [-0.25, -0.2) is 8.78 Å². The number of carbonyl (C=O) groups excluding carboxylic acids is 1. The molecular weight excluding hydrogens is 442 g/mol. The Morgan fingerprint density at radius 1 is 1.11 bits per heavy atom. The quantitative estimate of drug-likeness (QED) is 0.328. The molecule has 5 aliphatic rings. The lowest BCUT2D eigenvalue weighted by atomic mass is 9.86. The predicted octanol–water partition coefficient (Wildman–Crippen LogP) is 6.64. The number of likely N-dealkylation sites (tertiary alicyclic amines) is 2. The second-order valence-electron chi connectivity index (χ2n) is 10.7. The molecule has 0 N–H and O–H groups in total. The van der Waals surface area contributed by atoms with Gasteiger partial charge in [-0.15, -0.1) is 5.73 Å². The van der Waals surface area contributed by atoms with Crippen molar-refractivity contribution in [2.75, 3.05) is 26.2 Å². The van der Waals surface area contributed by atoms with Gasteiger partial charge in [-0.05, 0) is 92.7 Å². The van der Waals surface area contributed by atoms with Crippen molar-refractivity contribution in [1.82, 2.24) is 9.80 Å². The summed E-state index contributed by atoms with van der Waals surface area (Å²) >= 11 is 0. The molecule has 186 valence electrons. The van der Waals surface area contributed by atoms with Gasteiger partial charge in [0.15, 0.2) is 0 Å². The molecule has 2 saturated heterocycles. The maximum atomic E-state index is 14.1. The molecule has 2 fully saturated rings. The van der Waals surface area contributed by atoms with Crippen molar-refractivity contribution in [3.05, 3.63) is 75.7 Å². The van der Waals surface area contributed by atoms with E-state index >= 15 is 0 Å². The van der Waals surface area contributed by atoms with Crippen molar-refractivity contribution in [1.29, 1.82) is 0 Å². The first-order chi connectivity index (χ1) is 16.9. The number of carbonyl (C=O) groups is 1. The van der Waals surface area contributed by atoms with Crippen LogP contribution >= 0.6 is 0 Å².